The number of piperidine rings is 1. The largest absolute Gasteiger partial charge is 0.342 e. The van der Waals surface area contributed by atoms with Crippen LogP contribution in [0.25, 0.3) is 0 Å². The number of anilines is 1. The molecule has 2 aromatic heterocycles. The van der Waals surface area contributed by atoms with Gasteiger partial charge in [0.1, 0.15) is 11.5 Å². The molecule has 0 spiro atoms. The number of nitrogens with one attached hydrogen (secondary N) is 1. The minimum absolute atomic E-state index is 0.0944. The van der Waals surface area contributed by atoms with Crippen LogP contribution in [0.15, 0.2) is 41.9 Å². The summed E-state index contributed by atoms with van der Waals surface area (Å²) in [6.07, 6.45) is 3.62. The summed E-state index contributed by atoms with van der Waals surface area (Å²) in [7, 11) is 1.77. The van der Waals surface area contributed by atoms with Gasteiger partial charge in [-0.25, -0.2) is 4.98 Å². The maximum absolute atomic E-state index is 12.6. The Labute approximate surface area is 183 Å². The molecule has 30 heavy (non-hydrogen) atoms. The molecule has 0 radical (unpaired) electrons. The fourth-order valence-corrected chi connectivity index (χ4v) is 4.72. The second-order valence-corrected chi connectivity index (χ2v) is 8.59. The minimum atomic E-state index is -0.242. The zero-order valence-electron chi connectivity index (χ0n) is 16.5. The third-order valence-electron chi connectivity index (χ3n) is 5.31. The number of carbonyl (C=O) groups is 2. The summed E-state index contributed by atoms with van der Waals surface area (Å²) < 4.78 is 1.60. The third-order valence-corrected chi connectivity index (χ3v) is 6.69. The number of aromatic nitrogens is 3. The molecular formula is C21H22ClN5O2S. The minimum Gasteiger partial charge on any atom is -0.342 e. The number of hydrogen-bond donors (Lipinski definition) is 1. The molecule has 7 nitrogen and oxygen atoms in total. The summed E-state index contributed by atoms with van der Waals surface area (Å²) in [6, 6.07) is 9.19. The first kappa shape index (κ1) is 20.6. The van der Waals surface area contributed by atoms with Crippen molar-refractivity contribution in [2.45, 2.75) is 25.2 Å². The monoisotopic (exact) mass is 443 g/mol. The third kappa shape index (κ3) is 4.55. The van der Waals surface area contributed by atoms with E-state index in [9.17, 15) is 9.59 Å². The van der Waals surface area contributed by atoms with E-state index in [1.807, 2.05) is 23.1 Å². The molecule has 156 valence electrons. The first-order valence-electron chi connectivity index (χ1n) is 9.77. The standard InChI is InChI=1S/C21H22ClN5O2S/c1-26-18(6-9-23-26)25-20(29)17-13-30-21(24-17)14-7-10-27(11-8-14)19(28)12-15-4-2-3-5-16(15)22/h2-6,9,13-14H,7-8,10-12H2,1H3,(H,25,29). The molecule has 1 aliphatic rings. The Hall–Kier alpha value is -2.71. The van der Waals surface area contributed by atoms with Gasteiger partial charge in [-0.15, -0.1) is 11.3 Å². The van der Waals surface area contributed by atoms with Crippen LogP contribution in [0, 0.1) is 0 Å². The van der Waals surface area contributed by atoms with E-state index in [-0.39, 0.29) is 17.7 Å². The quantitative estimate of drug-likeness (QED) is 0.651. The van der Waals surface area contributed by atoms with Crippen LogP contribution in [0.4, 0.5) is 5.82 Å². The highest BCUT2D eigenvalue weighted by atomic mass is 35.5. The Morgan fingerprint density at radius 2 is 2.00 bits per heavy atom. The van der Waals surface area contributed by atoms with E-state index in [0.29, 0.717) is 36.0 Å². The maximum Gasteiger partial charge on any atom is 0.276 e. The van der Waals surface area contributed by atoms with Gasteiger partial charge in [-0.3, -0.25) is 14.3 Å². The molecule has 1 aromatic carbocycles. The lowest BCUT2D eigenvalue weighted by atomic mass is 9.97. The summed E-state index contributed by atoms with van der Waals surface area (Å²) in [4.78, 5) is 31.5. The lowest BCUT2D eigenvalue weighted by Gasteiger charge is -2.31. The van der Waals surface area contributed by atoms with Crippen LogP contribution in [-0.2, 0) is 18.3 Å². The van der Waals surface area contributed by atoms with Gasteiger partial charge < -0.3 is 10.2 Å². The summed E-state index contributed by atoms with van der Waals surface area (Å²) in [5.41, 5.74) is 1.27. The second kappa shape index (κ2) is 8.97. The summed E-state index contributed by atoms with van der Waals surface area (Å²) in [5.74, 6) is 0.739. The Kier molecular flexibility index (Phi) is 6.15. The van der Waals surface area contributed by atoms with Crippen molar-refractivity contribution in [2.75, 3.05) is 18.4 Å². The van der Waals surface area contributed by atoms with Gasteiger partial charge in [0.2, 0.25) is 5.91 Å². The second-order valence-electron chi connectivity index (χ2n) is 7.29. The average Bonchev–Trinajstić information content (AvgIpc) is 3.39. The Morgan fingerprint density at radius 3 is 2.70 bits per heavy atom. The number of hydrogen-bond acceptors (Lipinski definition) is 5. The highest BCUT2D eigenvalue weighted by Gasteiger charge is 2.26. The van der Waals surface area contributed by atoms with Crippen molar-refractivity contribution in [2.24, 2.45) is 7.05 Å². The molecule has 3 heterocycles. The van der Waals surface area contributed by atoms with Gasteiger partial charge in [0.05, 0.1) is 17.6 Å². The molecule has 3 aromatic rings. The first-order valence-corrected chi connectivity index (χ1v) is 11.0. The number of rotatable bonds is 5. The fraction of sp³-hybridized carbons (Fsp3) is 0.333. The topological polar surface area (TPSA) is 80.1 Å². The number of benzene rings is 1. The van der Waals surface area contributed by atoms with Crippen molar-refractivity contribution in [3.63, 3.8) is 0 Å². The number of likely N-dealkylation sites (tertiary alicyclic amines) is 1. The van der Waals surface area contributed by atoms with Crippen molar-refractivity contribution in [3.8, 4) is 0 Å². The van der Waals surface area contributed by atoms with E-state index in [1.165, 1.54) is 11.3 Å². The van der Waals surface area contributed by atoms with Crippen LogP contribution in [0.2, 0.25) is 5.02 Å². The highest BCUT2D eigenvalue weighted by molar-refractivity contribution is 7.10. The van der Waals surface area contributed by atoms with E-state index in [1.54, 1.807) is 35.4 Å². The smallest absolute Gasteiger partial charge is 0.276 e. The lowest BCUT2D eigenvalue weighted by molar-refractivity contribution is -0.131. The van der Waals surface area contributed by atoms with Crippen LogP contribution in [0.3, 0.4) is 0 Å². The predicted octanol–water partition coefficient (Wildman–Crippen LogP) is 3.73. The van der Waals surface area contributed by atoms with Crippen molar-refractivity contribution in [1.29, 1.82) is 0 Å². The van der Waals surface area contributed by atoms with E-state index in [4.69, 9.17) is 11.6 Å². The van der Waals surface area contributed by atoms with Crippen molar-refractivity contribution >= 4 is 40.6 Å². The molecule has 1 fully saturated rings. The number of carbonyl (C=O) groups excluding carboxylic acids is 2. The van der Waals surface area contributed by atoms with Crippen LogP contribution in [0.5, 0.6) is 0 Å². The molecule has 0 saturated carbocycles. The molecular weight excluding hydrogens is 422 g/mol. The van der Waals surface area contributed by atoms with E-state index >= 15 is 0 Å². The fourth-order valence-electron chi connectivity index (χ4n) is 3.55. The van der Waals surface area contributed by atoms with Crippen molar-refractivity contribution < 1.29 is 9.59 Å². The summed E-state index contributed by atoms with van der Waals surface area (Å²) in [5, 5.41) is 10.2. The van der Waals surface area contributed by atoms with Gasteiger partial charge in [-0.05, 0) is 24.5 Å². The van der Waals surface area contributed by atoms with E-state index in [2.05, 4.69) is 15.4 Å². The molecule has 2 amide bonds. The Balaban J connectivity index is 1.32. The number of nitrogens with zero attached hydrogens (tertiary/aromatic N) is 4. The Bertz CT molecular complexity index is 1060. The first-order chi connectivity index (χ1) is 14.5. The van der Waals surface area contributed by atoms with Crippen LogP contribution < -0.4 is 5.32 Å². The van der Waals surface area contributed by atoms with Gasteiger partial charge in [-0.1, -0.05) is 29.8 Å². The number of amides is 2. The van der Waals surface area contributed by atoms with Gasteiger partial charge in [0, 0.05) is 42.5 Å². The molecule has 1 N–H and O–H groups in total. The van der Waals surface area contributed by atoms with Gasteiger partial charge in [0.15, 0.2) is 0 Å². The zero-order valence-corrected chi connectivity index (χ0v) is 18.1. The molecule has 0 unspecified atom stereocenters. The van der Waals surface area contributed by atoms with Gasteiger partial charge in [0.25, 0.3) is 5.91 Å². The predicted molar refractivity (Wildman–Crippen MR) is 117 cm³/mol. The van der Waals surface area contributed by atoms with Crippen LogP contribution in [-0.4, -0.2) is 44.6 Å². The molecule has 1 saturated heterocycles. The van der Waals surface area contributed by atoms with Gasteiger partial charge >= 0.3 is 0 Å². The van der Waals surface area contributed by atoms with E-state index in [0.717, 1.165) is 23.4 Å². The van der Waals surface area contributed by atoms with Crippen molar-refractivity contribution in [3.05, 3.63) is 63.2 Å². The summed E-state index contributed by atoms with van der Waals surface area (Å²) >= 11 is 7.68. The molecule has 1 aliphatic heterocycles. The van der Waals surface area contributed by atoms with Crippen LogP contribution in [0.1, 0.15) is 39.8 Å². The Morgan fingerprint density at radius 1 is 1.23 bits per heavy atom. The number of aryl methyl sites for hydroxylation is 1. The maximum atomic E-state index is 12.6. The number of halogens is 1. The molecule has 0 aliphatic carbocycles. The molecule has 4 rings (SSSR count). The molecule has 0 bridgehead atoms. The number of thiazole rings is 1. The van der Waals surface area contributed by atoms with Crippen molar-refractivity contribution in [1.82, 2.24) is 19.7 Å². The van der Waals surface area contributed by atoms with Gasteiger partial charge in [-0.2, -0.15) is 5.10 Å². The van der Waals surface area contributed by atoms with Crippen LogP contribution >= 0.6 is 22.9 Å². The van der Waals surface area contributed by atoms with E-state index < -0.39 is 0 Å². The average molecular weight is 444 g/mol. The molecule has 0 atom stereocenters. The SMILES string of the molecule is Cn1nccc1NC(=O)c1csc(C2CCN(C(=O)Cc3ccccc3Cl)CC2)n1. The normalized spacial score (nSPS) is 14.7. The zero-order chi connectivity index (χ0) is 21.1. The highest BCUT2D eigenvalue weighted by Crippen LogP contribution is 2.31. The summed E-state index contributed by atoms with van der Waals surface area (Å²) in [6.45, 7) is 1.37. The molecule has 9 heteroatoms. The lowest BCUT2D eigenvalue weighted by Crippen LogP contribution is -2.38.